The summed E-state index contributed by atoms with van der Waals surface area (Å²) < 4.78 is 26.3. The Morgan fingerprint density at radius 1 is 1.43 bits per heavy atom. The second-order valence-corrected chi connectivity index (χ2v) is 7.83. The van der Waals surface area contributed by atoms with Crippen molar-refractivity contribution in [2.75, 3.05) is 37.7 Å². The van der Waals surface area contributed by atoms with Gasteiger partial charge in [0, 0.05) is 37.3 Å². The molecule has 0 unspecified atom stereocenters. The van der Waals surface area contributed by atoms with Crippen molar-refractivity contribution in [3.63, 3.8) is 0 Å². The van der Waals surface area contributed by atoms with Crippen molar-refractivity contribution in [1.29, 1.82) is 0 Å². The third-order valence-corrected chi connectivity index (χ3v) is 5.99. The average Bonchev–Trinajstić information content (AvgIpc) is 2.99. The molecule has 118 valence electrons. The molecule has 4 N–H and O–H groups in total. The zero-order valence-corrected chi connectivity index (χ0v) is 13.3. The molecule has 1 aromatic heterocycles. The Morgan fingerprint density at radius 3 is 2.81 bits per heavy atom. The van der Waals surface area contributed by atoms with Gasteiger partial charge < -0.3 is 16.0 Å². The van der Waals surface area contributed by atoms with E-state index in [1.54, 1.807) is 11.8 Å². The van der Waals surface area contributed by atoms with E-state index < -0.39 is 10.0 Å². The molecule has 1 saturated heterocycles. The van der Waals surface area contributed by atoms with Crippen LogP contribution in [0.15, 0.2) is 17.2 Å². The van der Waals surface area contributed by atoms with Gasteiger partial charge in [-0.2, -0.15) is 16.1 Å². The SMILES string of the molecule is NCCCNC(=O)c1cc(S(=O)(=O)N2CCSCC2)c[nH]1. The maximum Gasteiger partial charge on any atom is 0.267 e. The number of sulfonamides is 1. The molecule has 7 nitrogen and oxygen atoms in total. The fourth-order valence-electron chi connectivity index (χ4n) is 1.99. The molecule has 0 bridgehead atoms. The van der Waals surface area contributed by atoms with Gasteiger partial charge in [-0.15, -0.1) is 0 Å². The molecule has 0 radical (unpaired) electrons. The van der Waals surface area contributed by atoms with Gasteiger partial charge >= 0.3 is 0 Å². The van der Waals surface area contributed by atoms with Gasteiger partial charge in [-0.25, -0.2) is 8.42 Å². The first-order valence-corrected chi connectivity index (χ1v) is 9.40. The number of aromatic nitrogens is 1. The number of carbonyl (C=O) groups is 1. The normalized spacial score (nSPS) is 16.8. The van der Waals surface area contributed by atoms with Crippen LogP contribution < -0.4 is 11.1 Å². The Bertz CT molecular complexity index is 579. The number of nitrogens with one attached hydrogen (secondary N) is 2. The Labute approximate surface area is 128 Å². The molecule has 0 spiro atoms. The zero-order chi connectivity index (χ0) is 15.3. The summed E-state index contributed by atoms with van der Waals surface area (Å²) in [6.45, 7) is 1.99. The molecule has 9 heteroatoms. The van der Waals surface area contributed by atoms with Gasteiger partial charge in [0.1, 0.15) is 10.6 Å². The van der Waals surface area contributed by atoms with Crippen molar-refractivity contribution in [2.24, 2.45) is 5.73 Å². The molecule has 0 atom stereocenters. The van der Waals surface area contributed by atoms with E-state index in [1.165, 1.54) is 16.6 Å². The highest BCUT2D eigenvalue weighted by molar-refractivity contribution is 7.99. The van der Waals surface area contributed by atoms with Crippen molar-refractivity contribution >= 4 is 27.7 Å². The first kappa shape index (κ1) is 16.3. The van der Waals surface area contributed by atoms with Gasteiger partial charge in [0.15, 0.2) is 0 Å². The van der Waals surface area contributed by atoms with E-state index >= 15 is 0 Å². The smallest absolute Gasteiger partial charge is 0.267 e. The molecule has 2 heterocycles. The van der Waals surface area contributed by atoms with Crippen LogP contribution in [0.2, 0.25) is 0 Å². The number of nitrogens with zero attached hydrogens (tertiary/aromatic N) is 1. The number of hydrogen-bond acceptors (Lipinski definition) is 5. The molecule has 1 aromatic rings. The molecule has 21 heavy (non-hydrogen) atoms. The largest absolute Gasteiger partial charge is 0.356 e. The Balaban J connectivity index is 2.06. The van der Waals surface area contributed by atoms with Crippen LogP contribution >= 0.6 is 11.8 Å². The minimum Gasteiger partial charge on any atom is -0.356 e. The van der Waals surface area contributed by atoms with Crippen LogP contribution in [0.4, 0.5) is 0 Å². The summed E-state index contributed by atoms with van der Waals surface area (Å²) in [6, 6.07) is 1.38. The third kappa shape index (κ3) is 4.00. The molecule has 1 aliphatic heterocycles. The van der Waals surface area contributed by atoms with E-state index in [-0.39, 0.29) is 16.5 Å². The van der Waals surface area contributed by atoms with Crippen molar-refractivity contribution < 1.29 is 13.2 Å². The number of thioether (sulfide) groups is 1. The van der Waals surface area contributed by atoms with Crippen molar-refractivity contribution in [2.45, 2.75) is 11.3 Å². The third-order valence-electron chi connectivity index (χ3n) is 3.18. The van der Waals surface area contributed by atoms with Gasteiger partial charge in [-0.3, -0.25) is 4.79 Å². The van der Waals surface area contributed by atoms with Crippen LogP contribution in [0.25, 0.3) is 0 Å². The highest BCUT2D eigenvalue weighted by Gasteiger charge is 2.27. The number of amides is 1. The second kappa shape index (κ2) is 7.30. The van der Waals surface area contributed by atoms with Crippen LogP contribution in [0, 0.1) is 0 Å². The quantitative estimate of drug-likeness (QED) is 0.627. The molecule has 0 aromatic carbocycles. The Hall–Kier alpha value is -1.03. The van der Waals surface area contributed by atoms with Gasteiger partial charge in [0.2, 0.25) is 10.0 Å². The predicted octanol–water partition coefficient (Wildman–Crippen LogP) is -0.169. The summed E-state index contributed by atoms with van der Waals surface area (Å²) in [7, 11) is -3.51. The lowest BCUT2D eigenvalue weighted by molar-refractivity contribution is 0.0949. The van der Waals surface area contributed by atoms with Gasteiger partial charge in [-0.1, -0.05) is 0 Å². The number of rotatable bonds is 6. The summed E-state index contributed by atoms with van der Waals surface area (Å²) in [5.41, 5.74) is 5.60. The number of nitrogens with two attached hydrogens (primary N) is 1. The molecule has 1 aliphatic rings. The maximum atomic E-state index is 12.4. The Kier molecular flexibility index (Phi) is 5.68. The maximum absolute atomic E-state index is 12.4. The van der Waals surface area contributed by atoms with Crippen LogP contribution in [0.1, 0.15) is 16.9 Å². The summed E-state index contributed by atoms with van der Waals surface area (Å²) >= 11 is 1.74. The number of H-pyrrole nitrogens is 1. The number of hydrogen-bond donors (Lipinski definition) is 3. The zero-order valence-electron chi connectivity index (χ0n) is 11.7. The lowest BCUT2D eigenvalue weighted by Gasteiger charge is -2.24. The first-order chi connectivity index (χ1) is 10.1. The molecule has 0 aliphatic carbocycles. The van der Waals surface area contributed by atoms with E-state index in [4.69, 9.17) is 5.73 Å². The van der Waals surface area contributed by atoms with Crippen LogP contribution in [-0.2, 0) is 10.0 Å². The minimum atomic E-state index is -3.51. The van der Waals surface area contributed by atoms with E-state index in [0.717, 1.165) is 11.5 Å². The van der Waals surface area contributed by atoms with Crippen molar-refractivity contribution in [3.05, 3.63) is 18.0 Å². The molecule has 1 fully saturated rings. The van der Waals surface area contributed by atoms with Crippen molar-refractivity contribution in [3.8, 4) is 0 Å². The fraction of sp³-hybridized carbons (Fsp3) is 0.583. The molecular formula is C12H20N4O3S2. The van der Waals surface area contributed by atoms with Crippen molar-refractivity contribution in [1.82, 2.24) is 14.6 Å². The molecular weight excluding hydrogens is 312 g/mol. The molecule has 2 rings (SSSR count). The predicted molar refractivity (Wildman–Crippen MR) is 82.9 cm³/mol. The van der Waals surface area contributed by atoms with Gasteiger partial charge in [0.05, 0.1) is 0 Å². The Morgan fingerprint density at radius 2 is 2.14 bits per heavy atom. The lowest BCUT2D eigenvalue weighted by atomic mass is 10.4. The van der Waals surface area contributed by atoms with Crippen LogP contribution in [0.3, 0.4) is 0 Å². The van der Waals surface area contributed by atoms with E-state index in [9.17, 15) is 13.2 Å². The average molecular weight is 332 g/mol. The summed E-state index contributed by atoms with van der Waals surface area (Å²) in [6.07, 6.45) is 2.05. The van der Waals surface area contributed by atoms with Gasteiger partial charge in [0.25, 0.3) is 5.91 Å². The summed E-state index contributed by atoms with van der Waals surface area (Å²) in [5, 5.41) is 2.68. The lowest BCUT2D eigenvalue weighted by Crippen LogP contribution is -2.37. The standard InChI is InChI=1S/C12H20N4O3S2/c13-2-1-3-14-12(17)11-8-10(9-15-11)21(18,19)16-4-6-20-7-5-16/h8-9,15H,1-7,13H2,(H,14,17). The number of carbonyl (C=O) groups excluding carboxylic acids is 1. The van der Waals surface area contributed by atoms with Gasteiger partial charge in [-0.05, 0) is 19.0 Å². The summed E-state index contributed by atoms with van der Waals surface area (Å²) in [4.78, 5) is 14.7. The number of aromatic amines is 1. The van der Waals surface area contributed by atoms with Crippen LogP contribution in [-0.4, -0.2) is 61.3 Å². The monoisotopic (exact) mass is 332 g/mol. The minimum absolute atomic E-state index is 0.137. The summed E-state index contributed by atoms with van der Waals surface area (Å²) in [5.74, 6) is 1.28. The van der Waals surface area contributed by atoms with E-state index in [2.05, 4.69) is 10.3 Å². The topological polar surface area (TPSA) is 108 Å². The fourth-order valence-corrected chi connectivity index (χ4v) is 4.56. The molecule has 1 amide bonds. The second-order valence-electron chi connectivity index (χ2n) is 4.66. The molecule has 0 saturated carbocycles. The first-order valence-electron chi connectivity index (χ1n) is 6.80. The highest BCUT2D eigenvalue weighted by atomic mass is 32.2. The van der Waals surface area contributed by atoms with E-state index in [0.29, 0.717) is 32.6 Å². The highest BCUT2D eigenvalue weighted by Crippen LogP contribution is 2.20. The van der Waals surface area contributed by atoms with E-state index in [1.807, 2.05) is 0 Å². The van der Waals surface area contributed by atoms with Crippen LogP contribution in [0.5, 0.6) is 0 Å².